The van der Waals surface area contributed by atoms with Crippen molar-refractivity contribution in [3.63, 3.8) is 0 Å². The zero-order valence-corrected chi connectivity index (χ0v) is 10.1. The lowest BCUT2D eigenvalue weighted by atomic mass is 10.0. The summed E-state index contributed by atoms with van der Waals surface area (Å²) in [4.78, 5) is 0. The second-order valence-electron chi connectivity index (χ2n) is 4.58. The summed E-state index contributed by atoms with van der Waals surface area (Å²) in [6, 6.07) is 5.90. The number of nitrogens with two attached hydrogens (primary N) is 1. The number of ether oxygens (including phenoxy) is 1. The molecule has 0 heterocycles. The molecule has 2 rings (SSSR count). The highest BCUT2D eigenvalue weighted by molar-refractivity contribution is 5.68. The van der Waals surface area contributed by atoms with Crippen molar-refractivity contribution >= 4 is 11.4 Å². The molecular formula is C13H20N2O2. The largest absolute Gasteiger partial charge is 0.497 e. The lowest BCUT2D eigenvalue weighted by molar-refractivity contribution is 0.222. The number of aliphatic hydroxyl groups excluding tert-OH is 1. The monoisotopic (exact) mass is 236 g/mol. The summed E-state index contributed by atoms with van der Waals surface area (Å²) in [5.74, 6) is 1.13. The van der Waals surface area contributed by atoms with E-state index in [4.69, 9.17) is 10.5 Å². The first-order valence-electron chi connectivity index (χ1n) is 6.05. The number of nitrogen functional groups attached to an aromatic ring is 1. The van der Waals surface area contributed by atoms with Gasteiger partial charge in [-0.25, -0.2) is 0 Å². The first kappa shape index (κ1) is 12.0. The zero-order chi connectivity index (χ0) is 12.3. The van der Waals surface area contributed by atoms with Crippen LogP contribution in [0.5, 0.6) is 5.75 Å². The molecule has 1 fully saturated rings. The molecule has 4 heteroatoms. The Morgan fingerprint density at radius 1 is 1.47 bits per heavy atom. The molecule has 4 nitrogen and oxygen atoms in total. The van der Waals surface area contributed by atoms with Gasteiger partial charge in [0, 0.05) is 24.6 Å². The van der Waals surface area contributed by atoms with E-state index >= 15 is 0 Å². The maximum absolute atomic E-state index is 9.29. The number of rotatable bonds is 4. The van der Waals surface area contributed by atoms with E-state index in [-0.39, 0.29) is 6.61 Å². The first-order chi connectivity index (χ1) is 8.24. The Kier molecular flexibility index (Phi) is 3.74. The van der Waals surface area contributed by atoms with Gasteiger partial charge >= 0.3 is 0 Å². The Morgan fingerprint density at radius 3 is 3.00 bits per heavy atom. The number of hydrogen-bond acceptors (Lipinski definition) is 4. The van der Waals surface area contributed by atoms with E-state index in [2.05, 4.69) is 5.32 Å². The average molecular weight is 236 g/mol. The van der Waals surface area contributed by atoms with Gasteiger partial charge in [-0.3, -0.25) is 0 Å². The minimum absolute atomic E-state index is 0.238. The summed E-state index contributed by atoms with van der Waals surface area (Å²) in [5, 5.41) is 12.7. The third-order valence-corrected chi connectivity index (χ3v) is 3.49. The fraction of sp³-hybridized carbons (Fsp3) is 0.538. The molecule has 4 N–H and O–H groups in total. The average Bonchev–Trinajstić information content (AvgIpc) is 2.79. The molecule has 1 saturated carbocycles. The molecule has 0 amide bonds. The van der Waals surface area contributed by atoms with E-state index in [9.17, 15) is 5.11 Å². The highest BCUT2D eigenvalue weighted by Gasteiger charge is 2.26. The molecule has 0 bridgehead atoms. The van der Waals surface area contributed by atoms with E-state index in [1.807, 2.05) is 18.2 Å². The molecule has 2 atom stereocenters. The summed E-state index contributed by atoms with van der Waals surface area (Å²) in [7, 11) is 1.64. The molecule has 1 aromatic rings. The second-order valence-corrected chi connectivity index (χ2v) is 4.58. The van der Waals surface area contributed by atoms with Crippen LogP contribution in [-0.4, -0.2) is 24.9 Å². The summed E-state index contributed by atoms with van der Waals surface area (Å²) in [6.07, 6.45) is 3.33. The number of benzene rings is 1. The highest BCUT2D eigenvalue weighted by atomic mass is 16.5. The van der Waals surface area contributed by atoms with Crippen molar-refractivity contribution in [2.45, 2.75) is 25.3 Å². The van der Waals surface area contributed by atoms with Crippen molar-refractivity contribution in [3.05, 3.63) is 18.2 Å². The molecule has 1 aromatic carbocycles. The molecule has 0 aromatic heterocycles. The Hall–Kier alpha value is -1.42. The topological polar surface area (TPSA) is 67.5 Å². The maximum atomic E-state index is 9.29. The van der Waals surface area contributed by atoms with Crippen molar-refractivity contribution in [2.24, 2.45) is 5.92 Å². The summed E-state index contributed by atoms with van der Waals surface area (Å²) < 4.78 is 5.18. The van der Waals surface area contributed by atoms with Gasteiger partial charge in [0.05, 0.1) is 18.5 Å². The van der Waals surface area contributed by atoms with Crippen LogP contribution in [-0.2, 0) is 0 Å². The quantitative estimate of drug-likeness (QED) is 0.698. The van der Waals surface area contributed by atoms with Crippen LogP contribution >= 0.6 is 0 Å². The van der Waals surface area contributed by atoms with Crippen molar-refractivity contribution in [1.82, 2.24) is 0 Å². The van der Waals surface area contributed by atoms with Gasteiger partial charge in [0.25, 0.3) is 0 Å². The van der Waals surface area contributed by atoms with Crippen LogP contribution in [0.3, 0.4) is 0 Å². The van der Waals surface area contributed by atoms with E-state index in [0.717, 1.165) is 36.4 Å². The molecule has 2 unspecified atom stereocenters. The minimum atomic E-state index is 0.238. The van der Waals surface area contributed by atoms with Gasteiger partial charge in [0.2, 0.25) is 0 Å². The molecule has 0 radical (unpaired) electrons. The SMILES string of the molecule is COc1ccc(N)c(NC2CCCC2CO)c1. The van der Waals surface area contributed by atoms with Crippen LogP contribution in [0.25, 0.3) is 0 Å². The molecular weight excluding hydrogens is 216 g/mol. The summed E-state index contributed by atoms with van der Waals surface area (Å²) >= 11 is 0. The van der Waals surface area contributed by atoms with Gasteiger partial charge in [-0.1, -0.05) is 6.42 Å². The molecule has 1 aliphatic rings. The van der Waals surface area contributed by atoms with Crippen molar-refractivity contribution < 1.29 is 9.84 Å². The van der Waals surface area contributed by atoms with Crippen LogP contribution in [0.1, 0.15) is 19.3 Å². The lowest BCUT2D eigenvalue weighted by Crippen LogP contribution is -2.26. The van der Waals surface area contributed by atoms with Crippen molar-refractivity contribution in [3.8, 4) is 5.75 Å². The Balaban J connectivity index is 2.12. The third-order valence-electron chi connectivity index (χ3n) is 3.49. The first-order valence-corrected chi connectivity index (χ1v) is 6.05. The number of anilines is 2. The molecule has 94 valence electrons. The fourth-order valence-electron chi connectivity index (χ4n) is 2.43. The van der Waals surface area contributed by atoms with Gasteiger partial charge in [-0.05, 0) is 25.0 Å². The lowest BCUT2D eigenvalue weighted by Gasteiger charge is -2.21. The third kappa shape index (κ3) is 2.64. The summed E-state index contributed by atoms with van der Waals surface area (Å²) in [5.41, 5.74) is 7.54. The van der Waals surface area contributed by atoms with Gasteiger partial charge in [0.15, 0.2) is 0 Å². The van der Waals surface area contributed by atoms with E-state index < -0.39 is 0 Å². The van der Waals surface area contributed by atoms with Crippen LogP contribution in [0, 0.1) is 5.92 Å². The predicted octanol–water partition coefficient (Wildman–Crippen LogP) is 1.85. The van der Waals surface area contributed by atoms with E-state index in [1.54, 1.807) is 7.11 Å². The molecule has 0 spiro atoms. The highest BCUT2D eigenvalue weighted by Crippen LogP contribution is 2.31. The number of nitrogens with one attached hydrogen (secondary N) is 1. The molecule has 0 aliphatic heterocycles. The normalized spacial score (nSPS) is 23.6. The number of aliphatic hydroxyl groups is 1. The zero-order valence-electron chi connectivity index (χ0n) is 10.1. The van der Waals surface area contributed by atoms with Crippen molar-refractivity contribution in [1.29, 1.82) is 0 Å². The smallest absolute Gasteiger partial charge is 0.121 e. The standard InChI is InChI=1S/C13H20N2O2/c1-17-10-5-6-11(14)13(7-10)15-12-4-2-3-9(12)8-16/h5-7,9,12,15-16H,2-4,8,14H2,1H3. The number of methoxy groups -OCH3 is 1. The van der Waals surface area contributed by atoms with Gasteiger partial charge in [0.1, 0.15) is 5.75 Å². The maximum Gasteiger partial charge on any atom is 0.121 e. The van der Waals surface area contributed by atoms with E-state index in [1.165, 1.54) is 0 Å². The van der Waals surface area contributed by atoms with Crippen LogP contribution < -0.4 is 15.8 Å². The van der Waals surface area contributed by atoms with Crippen LogP contribution in [0.2, 0.25) is 0 Å². The van der Waals surface area contributed by atoms with E-state index in [0.29, 0.717) is 12.0 Å². The molecule has 1 aliphatic carbocycles. The summed E-state index contributed by atoms with van der Waals surface area (Å²) in [6.45, 7) is 0.238. The minimum Gasteiger partial charge on any atom is -0.497 e. The van der Waals surface area contributed by atoms with Crippen LogP contribution in [0.15, 0.2) is 18.2 Å². The predicted molar refractivity (Wildman–Crippen MR) is 69.2 cm³/mol. The Labute approximate surface area is 102 Å². The van der Waals surface area contributed by atoms with Gasteiger partial charge in [-0.15, -0.1) is 0 Å². The van der Waals surface area contributed by atoms with Gasteiger partial charge < -0.3 is 20.9 Å². The van der Waals surface area contributed by atoms with Crippen LogP contribution in [0.4, 0.5) is 11.4 Å². The molecule has 17 heavy (non-hydrogen) atoms. The Bertz CT molecular complexity index is 382. The molecule has 0 saturated heterocycles. The fourth-order valence-corrected chi connectivity index (χ4v) is 2.43. The number of hydrogen-bond donors (Lipinski definition) is 3. The van der Waals surface area contributed by atoms with Gasteiger partial charge in [-0.2, -0.15) is 0 Å². The second kappa shape index (κ2) is 5.27. The Morgan fingerprint density at radius 2 is 2.29 bits per heavy atom. The van der Waals surface area contributed by atoms with Crippen molar-refractivity contribution in [2.75, 3.05) is 24.8 Å².